The molecule has 1 aromatic rings. The monoisotopic (exact) mass is 470 g/mol. The highest BCUT2D eigenvalue weighted by atomic mass is 31.2. The van der Waals surface area contributed by atoms with E-state index in [9.17, 15) is 0 Å². The first-order valence-corrected chi connectivity index (χ1v) is 14.4. The van der Waals surface area contributed by atoms with Gasteiger partial charge in [0.25, 0.3) is 0 Å². The number of aryl methyl sites for hydroxylation is 1. The summed E-state index contributed by atoms with van der Waals surface area (Å²) in [4.78, 5) is 0. The van der Waals surface area contributed by atoms with Gasteiger partial charge in [0.15, 0.2) is 0 Å². The van der Waals surface area contributed by atoms with Crippen molar-refractivity contribution in [2.75, 3.05) is 62.4 Å². The first kappa shape index (κ1) is 26.9. The standard InChI is InChI=1S/C22H46N7P2/c1-20-13-15-21(16-14-20)19-29-18-12-17-28(11)30(29,23-22(2,3)4)24-31(25(5)6,26(7)8)27(9)10/h13-16,23H,12,17-19H2,1-11H3/q+1. The van der Waals surface area contributed by atoms with Gasteiger partial charge in [0.2, 0.25) is 7.51 Å². The van der Waals surface area contributed by atoms with Crippen molar-refractivity contribution >= 4 is 15.4 Å². The van der Waals surface area contributed by atoms with Gasteiger partial charge >= 0.3 is 7.87 Å². The van der Waals surface area contributed by atoms with Gasteiger partial charge in [-0.15, -0.1) is 14.0 Å². The lowest BCUT2D eigenvalue weighted by Crippen LogP contribution is -2.48. The van der Waals surface area contributed by atoms with E-state index >= 15 is 0 Å². The largest absolute Gasteiger partial charge is 0.355 e. The second kappa shape index (κ2) is 10.3. The number of benzene rings is 1. The molecule has 7 nitrogen and oxygen atoms in total. The molecule has 1 heterocycles. The quantitative estimate of drug-likeness (QED) is 0.576. The maximum Gasteiger partial charge on any atom is 0.355 e. The molecular formula is C22H46N7P2+. The number of rotatable bonds is 7. The molecule has 1 N–H and O–H groups in total. The molecule has 0 spiro atoms. The molecule has 1 atom stereocenters. The Kier molecular flexibility index (Phi) is 8.91. The van der Waals surface area contributed by atoms with Crippen LogP contribution in [0.15, 0.2) is 28.8 Å². The van der Waals surface area contributed by atoms with E-state index < -0.39 is 15.4 Å². The smallest absolute Gasteiger partial charge is 0.251 e. The summed E-state index contributed by atoms with van der Waals surface area (Å²) in [5.41, 5.74) is 2.59. The molecule has 1 aromatic carbocycles. The molecule has 1 fully saturated rings. The summed E-state index contributed by atoms with van der Waals surface area (Å²) in [6.45, 7) is 11.9. The number of nitrogens with one attached hydrogen (secondary N) is 1. The first-order chi connectivity index (χ1) is 14.2. The zero-order chi connectivity index (χ0) is 23.6. The van der Waals surface area contributed by atoms with Crippen LogP contribution in [0.4, 0.5) is 0 Å². The second-order valence-electron chi connectivity index (χ2n) is 10.2. The molecule has 0 radical (unpaired) electrons. The van der Waals surface area contributed by atoms with Crippen molar-refractivity contribution in [2.24, 2.45) is 4.52 Å². The normalized spacial score (nSPS) is 22.0. The fourth-order valence-corrected chi connectivity index (χ4v) is 13.7. The molecule has 1 aliphatic rings. The molecule has 2 rings (SSSR count). The lowest BCUT2D eigenvalue weighted by atomic mass is 10.1. The summed E-state index contributed by atoms with van der Waals surface area (Å²) in [5, 5.41) is 4.07. The fourth-order valence-electron chi connectivity index (χ4n) is 4.29. The predicted molar refractivity (Wildman–Crippen MR) is 139 cm³/mol. The minimum Gasteiger partial charge on any atom is -0.251 e. The molecule has 1 saturated heterocycles. The van der Waals surface area contributed by atoms with Crippen molar-refractivity contribution in [3.05, 3.63) is 35.4 Å². The Morgan fingerprint density at radius 3 is 1.94 bits per heavy atom. The molecule has 0 bridgehead atoms. The van der Waals surface area contributed by atoms with Crippen LogP contribution in [0.3, 0.4) is 0 Å². The van der Waals surface area contributed by atoms with Crippen molar-refractivity contribution in [1.82, 2.24) is 28.4 Å². The number of nitrogens with zero attached hydrogens (tertiary/aromatic N) is 6. The third kappa shape index (κ3) is 5.96. The average Bonchev–Trinajstić information content (AvgIpc) is 2.63. The van der Waals surface area contributed by atoms with Gasteiger partial charge in [0, 0.05) is 67.5 Å². The number of hydrogen-bond donors (Lipinski definition) is 1. The van der Waals surface area contributed by atoms with Crippen LogP contribution in [0, 0.1) is 6.92 Å². The summed E-state index contributed by atoms with van der Waals surface area (Å²) in [5.74, 6) is 0. The highest BCUT2D eigenvalue weighted by Gasteiger charge is 2.54. The SMILES string of the molecule is Cc1ccc(CN2CCCN(C)P2(=N[P+](N(C)C)(N(C)C)N(C)C)NC(C)(C)C)cc1. The van der Waals surface area contributed by atoms with E-state index in [0.717, 1.165) is 26.1 Å². The van der Waals surface area contributed by atoms with E-state index in [1.807, 2.05) is 0 Å². The predicted octanol–water partition coefficient (Wildman–Crippen LogP) is 4.83. The van der Waals surface area contributed by atoms with Crippen LogP contribution in [0.25, 0.3) is 0 Å². The molecule has 0 aromatic heterocycles. The van der Waals surface area contributed by atoms with Gasteiger partial charge in [-0.25, -0.2) is 9.34 Å². The number of hydrogen-bond acceptors (Lipinski definition) is 4. The van der Waals surface area contributed by atoms with Crippen LogP contribution in [-0.2, 0) is 6.54 Å². The van der Waals surface area contributed by atoms with Crippen LogP contribution in [0.2, 0.25) is 0 Å². The van der Waals surface area contributed by atoms with Crippen LogP contribution in [0.5, 0.6) is 0 Å². The van der Waals surface area contributed by atoms with Gasteiger partial charge < -0.3 is 0 Å². The zero-order valence-corrected chi connectivity index (χ0v) is 23.5. The maximum atomic E-state index is 5.90. The fraction of sp³-hybridized carbons (Fsp3) is 0.727. The van der Waals surface area contributed by atoms with E-state index in [1.54, 1.807) is 0 Å². The molecule has 0 amide bonds. The minimum absolute atomic E-state index is 0.0605. The van der Waals surface area contributed by atoms with Gasteiger partial charge in [-0.1, -0.05) is 29.8 Å². The first-order valence-electron chi connectivity index (χ1n) is 11.1. The highest BCUT2D eigenvalue weighted by molar-refractivity contribution is 7.75. The third-order valence-corrected chi connectivity index (χ3v) is 14.0. The molecule has 1 unspecified atom stereocenters. The Labute approximate surface area is 192 Å². The Bertz CT molecular complexity index is 747. The summed E-state index contributed by atoms with van der Waals surface area (Å²) in [6, 6.07) is 8.96. The van der Waals surface area contributed by atoms with Gasteiger partial charge in [-0.2, -0.15) is 0 Å². The van der Waals surface area contributed by atoms with Crippen molar-refractivity contribution in [3.8, 4) is 0 Å². The van der Waals surface area contributed by atoms with Crippen molar-refractivity contribution in [3.63, 3.8) is 0 Å². The molecule has 31 heavy (non-hydrogen) atoms. The summed E-state index contributed by atoms with van der Waals surface area (Å²) in [7, 11) is 11.0. The van der Waals surface area contributed by atoms with Crippen LogP contribution >= 0.6 is 15.4 Å². The molecule has 0 saturated carbocycles. The van der Waals surface area contributed by atoms with Crippen molar-refractivity contribution < 1.29 is 0 Å². The third-order valence-electron chi connectivity index (χ3n) is 5.59. The van der Waals surface area contributed by atoms with E-state index in [1.165, 1.54) is 11.1 Å². The molecule has 9 heteroatoms. The molecule has 0 aliphatic carbocycles. The summed E-state index contributed by atoms with van der Waals surface area (Å²) < 4.78 is 18.0. The van der Waals surface area contributed by atoms with Crippen LogP contribution in [-0.4, -0.2) is 91.3 Å². The molecular weight excluding hydrogens is 424 g/mol. The van der Waals surface area contributed by atoms with Crippen molar-refractivity contribution in [1.29, 1.82) is 0 Å². The highest BCUT2D eigenvalue weighted by Crippen LogP contribution is 2.73. The zero-order valence-electron chi connectivity index (χ0n) is 21.7. The summed E-state index contributed by atoms with van der Waals surface area (Å²) >= 11 is 0. The van der Waals surface area contributed by atoms with Gasteiger partial charge in [-0.05, 0) is 51.2 Å². The van der Waals surface area contributed by atoms with Crippen LogP contribution < -0.4 is 5.09 Å². The van der Waals surface area contributed by atoms with E-state index in [4.69, 9.17) is 4.52 Å². The van der Waals surface area contributed by atoms with Gasteiger partial charge in [0.1, 0.15) is 0 Å². The van der Waals surface area contributed by atoms with E-state index in [2.05, 4.69) is 130 Å². The Morgan fingerprint density at radius 2 is 1.48 bits per heavy atom. The van der Waals surface area contributed by atoms with E-state index in [0.29, 0.717) is 0 Å². The molecule has 1 aliphatic heterocycles. The maximum absolute atomic E-state index is 5.90. The Balaban J connectivity index is 2.75. The average molecular weight is 471 g/mol. The van der Waals surface area contributed by atoms with Crippen molar-refractivity contribution in [2.45, 2.75) is 46.2 Å². The lowest BCUT2D eigenvalue weighted by Gasteiger charge is -2.49. The van der Waals surface area contributed by atoms with Gasteiger partial charge in [-0.3, -0.25) is 5.09 Å². The Morgan fingerprint density at radius 1 is 0.968 bits per heavy atom. The topological polar surface area (TPSA) is 40.6 Å². The second-order valence-corrected chi connectivity index (χ2v) is 17.0. The Hall–Kier alpha value is -0.360. The van der Waals surface area contributed by atoms with Crippen LogP contribution in [0.1, 0.15) is 38.3 Å². The lowest BCUT2D eigenvalue weighted by molar-refractivity contribution is 0.313. The van der Waals surface area contributed by atoms with Gasteiger partial charge in [0.05, 0.1) is 0 Å². The summed E-state index contributed by atoms with van der Waals surface area (Å²) in [6.07, 6.45) is 1.16. The molecule has 178 valence electrons. The van der Waals surface area contributed by atoms with E-state index in [-0.39, 0.29) is 5.54 Å². The minimum atomic E-state index is -2.21.